The average Bonchev–Trinajstić information content (AvgIpc) is 3.24. The lowest BCUT2D eigenvalue weighted by Gasteiger charge is -2.09. The minimum Gasteiger partial charge on any atom is -0.394 e. The van der Waals surface area contributed by atoms with Gasteiger partial charge in [-0.1, -0.05) is 0 Å². The summed E-state index contributed by atoms with van der Waals surface area (Å²) in [5.41, 5.74) is 0.371. The van der Waals surface area contributed by atoms with E-state index in [1.165, 1.54) is 23.1 Å². The average molecular weight is 363 g/mol. The largest absolute Gasteiger partial charge is 0.394 e. The Balaban J connectivity index is 2.01. The van der Waals surface area contributed by atoms with E-state index < -0.39 is 15.8 Å². The van der Waals surface area contributed by atoms with Crippen molar-refractivity contribution in [1.82, 2.24) is 14.8 Å². The van der Waals surface area contributed by atoms with Crippen molar-refractivity contribution in [2.45, 2.75) is 17.9 Å². The van der Waals surface area contributed by atoms with Crippen molar-refractivity contribution in [2.24, 2.45) is 0 Å². The summed E-state index contributed by atoms with van der Waals surface area (Å²) in [6.45, 7) is 1.50. The van der Waals surface area contributed by atoms with Gasteiger partial charge >= 0.3 is 0 Å². The molecule has 3 N–H and O–H groups in total. The van der Waals surface area contributed by atoms with Crippen LogP contribution < -0.4 is 4.72 Å². The van der Waals surface area contributed by atoms with Crippen LogP contribution in [-0.4, -0.2) is 34.9 Å². The van der Waals surface area contributed by atoms with E-state index in [0.717, 1.165) is 12.3 Å². The van der Waals surface area contributed by atoms with Crippen LogP contribution in [0.1, 0.15) is 18.5 Å². The van der Waals surface area contributed by atoms with E-state index in [4.69, 9.17) is 10.4 Å². The summed E-state index contributed by atoms with van der Waals surface area (Å²) in [6.07, 6.45) is 3.76. The van der Waals surface area contributed by atoms with Crippen molar-refractivity contribution >= 4 is 26.6 Å². The topological polar surface area (TPSA) is 124 Å². The first-order chi connectivity index (χ1) is 11.9. The van der Waals surface area contributed by atoms with Crippen molar-refractivity contribution in [2.75, 3.05) is 11.3 Å². The zero-order valence-electron chi connectivity index (χ0n) is 13.1. The van der Waals surface area contributed by atoms with Gasteiger partial charge < -0.3 is 10.1 Å². The number of fused-ring (bicyclic) bond motifs is 1. The van der Waals surface area contributed by atoms with Gasteiger partial charge in [0, 0.05) is 12.4 Å². The number of aromatic amines is 1. The molecule has 0 fully saturated rings. The molecule has 0 radical (unpaired) electrons. The lowest BCUT2D eigenvalue weighted by Crippen LogP contribution is -2.13. The molecule has 1 unspecified atom stereocenters. The van der Waals surface area contributed by atoms with E-state index in [1.54, 1.807) is 6.92 Å². The van der Waals surface area contributed by atoms with Crippen molar-refractivity contribution < 1.29 is 17.9 Å². The molecule has 0 amide bonds. The molecule has 10 heteroatoms. The number of rotatable bonds is 5. The van der Waals surface area contributed by atoms with Crippen LogP contribution in [0.5, 0.6) is 0 Å². The number of nitrogens with zero attached hydrogens (tertiary/aromatic N) is 3. The second-order valence-electron chi connectivity index (χ2n) is 5.45. The lowest BCUT2D eigenvalue weighted by atomic mass is 10.1. The molecule has 2 aromatic heterocycles. The van der Waals surface area contributed by atoms with Crippen molar-refractivity contribution in [1.29, 1.82) is 5.26 Å². The number of nitriles is 1. The first-order valence-electron chi connectivity index (χ1n) is 7.25. The molecule has 0 bridgehead atoms. The summed E-state index contributed by atoms with van der Waals surface area (Å²) in [4.78, 5) is 2.61. The summed E-state index contributed by atoms with van der Waals surface area (Å²) < 4.78 is 42.7. The molecule has 130 valence electrons. The third kappa shape index (κ3) is 2.95. The van der Waals surface area contributed by atoms with Crippen molar-refractivity contribution in [3.05, 3.63) is 42.1 Å². The number of hydrogen-bond donors (Lipinski definition) is 3. The number of aliphatic hydroxyl groups excluding tert-OH is 1. The number of aromatic nitrogens is 3. The Bertz CT molecular complexity index is 1080. The molecule has 25 heavy (non-hydrogen) atoms. The molecular weight excluding hydrogens is 349 g/mol. The van der Waals surface area contributed by atoms with E-state index in [1.807, 2.05) is 6.07 Å². The fraction of sp³-hybridized carbons (Fsp3) is 0.200. The number of aliphatic hydroxyl groups is 1. The van der Waals surface area contributed by atoms with Gasteiger partial charge in [0.25, 0.3) is 10.0 Å². The Hall–Kier alpha value is -2.90. The van der Waals surface area contributed by atoms with Crippen LogP contribution in [0.3, 0.4) is 0 Å². The van der Waals surface area contributed by atoms with Crippen LogP contribution in [0.2, 0.25) is 0 Å². The molecule has 3 rings (SSSR count). The molecule has 2 heterocycles. The molecule has 8 nitrogen and oxygen atoms in total. The molecule has 0 saturated heterocycles. The maximum atomic E-state index is 13.9. The van der Waals surface area contributed by atoms with Gasteiger partial charge in [-0.15, -0.1) is 0 Å². The number of anilines is 1. The predicted molar refractivity (Wildman–Crippen MR) is 87.8 cm³/mol. The van der Waals surface area contributed by atoms with Gasteiger partial charge in [-0.3, -0.25) is 9.40 Å². The Morgan fingerprint density at radius 3 is 2.96 bits per heavy atom. The maximum Gasteiger partial charge on any atom is 0.265 e. The predicted octanol–water partition coefficient (Wildman–Crippen LogP) is 1.73. The molecule has 1 atom stereocenters. The summed E-state index contributed by atoms with van der Waals surface area (Å²) in [5.74, 6) is -0.625. The van der Waals surface area contributed by atoms with E-state index in [0.29, 0.717) is 0 Å². The van der Waals surface area contributed by atoms with E-state index >= 15 is 0 Å². The van der Waals surface area contributed by atoms with Crippen LogP contribution in [0, 0.1) is 17.1 Å². The summed E-state index contributed by atoms with van der Waals surface area (Å²) in [5, 5.41) is 22.1. The third-order valence-electron chi connectivity index (χ3n) is 3.75. The van der Waals surface area contributed by atoms with Crippen LogP contribution in [0.4, 0.5) is 10.1 Å². The van der Waals surface area contributed by atoms with Gasteiger partial charge in [0.05, 0.1) is 41.0 Å². The smallest absolute Gasteiger partial charge is 0.265 e. The minimum absolute atomic E-state index is 0.0206. The third-order valence-corrected chi connectivity index (χ3v) is 5.07. The molecule has 0 saturated carbocycles. The molecule has 0 spiro atoms. The molecule has 1 aromatic carbocycles. The van der Waals surface area contributed by atoms with E-state index in [-0.39, 0.29) is 39.7 Å². The zero-order chi connectivity index (χ0) is 18.2. The Labute approximate surface area is 142 Å². The molecule has 0 aliphatic rings. The van der Waals surface area contributed by atoms with Crippen LogP contribution in [0.15, 0.2) is 35.6 Å². The zero-order valence-corrected chi connectivity index (χ0v) is 13.9. The van der Waals surface area contributed by atoms with Gasteiger partial charge in [-0.05, 0) is 19.1 Å². The molecular formula is C15H14FN5O3S. The number of benzene rings is 1. The van der Waals surface area contributed by atoms with E-state index in [2.05, 4.69) is 14.8 Å². The van der Waals surface area contributed by atoms with Crippen LogP contribution >= 0.6 is 0 Å². The summed E-state index contributed by atoms with van der Waals surface area (Å²) >= 11 is 0. The minimum atomic E-state index is -3.98. The highest BCUT2D eigenvalue weighted by Crippen LogP contribution is 2.29. The van der Waals surface area contributed by atoms with Crippen molar-refractivity contribution in [3.8, 4) is 6.07 Å². The van der Waals surface area contributed by atoms with Gasteiger partial charge in [-0.2, -0.15) is 10.4 Å². The Kier molecular flexibility index (Phi) is 4.20. The normalized spacial score (nSPS) is 12.9. The quantitative estimate of drug-likeness (QED) is 0.637. The van der Waals surface area contributed by atoms with Crippen LogP contribution in [-0.2, 0) is 10.0 Å². The van der Waals surface area contributed by atoms with Gasteiger partial charge in [0.15, 0.2) is 0 Å². The first-order valence-corrected chi connectivity index (χ1v) is 8.73. The number of hydrogen-bond acceptors (Lipinski definition) is 5. The Morgan fingerprint density at radius 2 is 2.28 bits per heavy atom. The summed E-state index contributed by atoms with van der Waals surface area (Å²) in [7, 11) is -3.98. The fourth-order valence-corrected chi connectivity index (χ4v) is 3.38. The number of halogens is 1. The number of sulfonamides is 1. The second kappa shape index (κ2) is 6.19. The fourth-order valence-electron chi connectivity index (χ4n) is 2.37. The molecule has 0 aliphatic carbocycles. The maximum absolute atomic E-state index is 13.9. The van der Waals surface area contributed by atoms with Gasteiger partial charge in [-0.25, -0.2) is 12.8 Å². The van der Waals surface area contributed by atoms with E-state index in [9.17, 15) is 12.8 Å². The van der Waals surface area contributed by atoms with Gasteiger partial charge in [0.1, 0.15) is 16.8 Å². The summed E-state index contributed by atoms with van der Waals surface area (Å²) in [6, 6.07) is 3.84. The standard InChI is InChI=1S/C15H14FN5O3S/c1-9(8-22)21-7-11(6-19-21)25(23,24)20-13-3-2-12(16)14-10(4-17)5-18-15(13)14/h2-3,5-7,9,18,20,22H,8H2,1H3. The second-order valence-corrected chi connectivity index (χ2v) is 7.13. The highest BCUT2D eigenvalue weighted by atomic mass is 32.2. The van der Waals surface area contributed by atoms with Crippen molar-refractivity contribution in [3.63, 3.8) is 0 Å². The molecule has 3 aromatic rings. The van der Waals surface area contributed by atoms with Crippen LogP contribution in [0.25, 0.3) is 10.9 Å². The highest BCUT2D eigenvalue weighted by Gasteiger charge is 2.21. The number of nitrogens with one attached hydrogen (secondary N) is 2. The van der Waals surface area contributed by atoms with Gasteiger partial charge in [0.2, 0.25) is 0 Å². The number of H-pyrrole nitrogens is 1. The highest BCUT2D eigenvalue weighted by molar-refractivity contribution is 7.92. The first kappa shape index (κ1) is 16.9. The monoisotopic (exact) mass is 363 g/mol. The Morgan fingerprint density at radius 1 is 1.52 bits per heavy atom. The molecule has 0 aliphatic heterocycles. The SMILES string of the molecule is CC(CO)n1cc(S(=O)(=O)Nc2ccc(F)c3c(C#N)c[nH]c23)cn1. The lowest BCUT2D eigenvalue weighted by molar-refractivity contribution is 0.229.